The molecule has 0 fully saturated rings. The average Bonchev–Trinajstić information content (AvgIpc) is 3.28. The van der Waals surface area contributed by atoms with Crippen LogP contribution in [0.4, 0.5) is 0 Å². The van der Waals surface area contributed by atoms with Crippen LogP contribution in [-0.2, 0) is 5.41 Å². The number of benzene rings is 2. The molecule has 2 aliphatic rings. The third-order valence-electron chi connectivity index (χ3n) is 5.34. The van der Waals surface area contributed by atoms with Gasteiger partial charge in [-0.25, -0.2) is 0 Å². The first kappa shape index (κ1) is 16.9. The van der Waals surface area contributed by atoms with Gasteiger partial charge in [-0.15, -0.1) is 0 Å². The van der Waals surface area contributed by atoms with Crippen LogP contribution in [-0.4, -0.2) is 36.2 Å². The number of rotatable bonds is 4. The van der Waals surface area contributed by atoms with Crippen LogP contribution < -0.4 is 0 Å². The van der Waals surface area contributed by atoms with Crippen molar-refractivity contribution in [3.8, 4) is 0 Å². The predicted molar refractivity (Wildman–Crippen MR) is 109 cm³/mol. The van der Waals surface area contributed by atoms with Crippen LogP contribution in [0.2, 0.25) is 5.02 Å². The standard InChI is InChI=1S/C21H19ClN4/c1-19(23-12-13-24-19)21(16-6-4-3-5-7-16,20(2)25-14-15-26-20)17-8-10-18(22)11-9-17/h3-15H,1-2H3. The third-order valence-corrected chi connectivity index (χ3v) is 5.59. The Labute approximate surface area is 158 Å². The van der Waals surface area contributed by atoms with Crippen LogP contribution in [0, 0.1) is 0 Å². The molecule has 5 heteroatoms. The van der Waals surface area contributed by atoms with Crippen molar-refractivity contribution in [1.29, 1.82) is 0 Å². The van der Waals surface area contributed by atoms with Gasteiger partial charge >= 0.3 is 0 Å². The van der Waals surface area contributed by atoms with Crippen LogP contribution in [0.25, 0.3) is 0 Å². The zero-order chi connectivity index (χ0) is 18.3. The number of hydrogen-bond donors (Lipinski definition) is 0. The van der Waals surface area contributed by atoms with Gasteiger partial charge in [0.2, 0.25) is 0 Å². The molecule has 0 radical (unpaired) electrons. The lowest BCUT2D eigenvalue weighted by molar-refractivity contribution is 0.189. The van der Waals surface area contributed by atoms with Crippen molar-refractivity contribution < 1.29 is 0 Å². The third kappa shape index (κ3) is 2.22. The van der Waals surface area contributed by atoms with Crippen LogP contribution in [0.3, 0.4) is 0 Å². The van der Waals surface area contributed by atoms with E-state index in [4.69, 9.17) is 31.6 Å². The summed E-state index contributed by atoms with van der Waals surface area (Å²) in [7, 11) is 0. The molecule has 0 atom stereocenters. The summed E-state index contributed by atoms with van der Waals surface area (Å²) in [6.07, 6.45) is 7.00. The first-order valence-corrected chi connectivity index (χ1v) is 8.89. The summed E-state index contributed by atoms with van der Waals surface area (Å²) < 4.78 is 0. The Morgan fingerprint density at radius 2 is 1.08 bits per heavy atom. The van der Waals surface area contributed by atoms with Gasteiger partial charge in [-0.1, -0.05) is 54.1 Å². The summed E-state index contributed by atoms with van der Waals surface area (Å²) in [5.41, 5.74) is -0.254. The quantitative estimate of drug-likeness (QED) is 0.775. The normalized spacial score (nSPS) is 19.3. The molecule has 2 aromatic carbocycles. The Hall–Kier alpha value is -2.59. The Balaban J connectivity index is 2.12. The van der Waals surface area contributed by atoms with Gasteiger partial charge in [-0.2, -0.15) is 0 Å². The highest BCUT2D eigenvalue weighted by Gasteiger charge is 2.63. The maximum Gasteiger partial charge on any atom is 0.165 e. The topological polar surface area (TPSA) is 49.4 Å². The molecule has 4 rings (SSSR count). The first-order valence-electron chi connectivity index (χ1n) is 8.51. The molecular weight excluding hydrogens is 344 g/mol. The van der Waals surface area contributed by atoms with Gasteiger partial charge in [0.05, 0.1) is 0 Å². The lowest BCUT2D eigenvalue weighted by Gasteiger charge is -2.50. The summed E-state index contributed by atoms with van der Waals surface area (Å²) in [6, 6.07) is 18.1. The lowest BCUT2D eigenvalue weighted by Crippen LogP contribution is -2.59. The van der Waals surface area contributed by atoms with E-state index in [0.29, 0.717) is 5.02 Å². The number of nitrogens with zero attached hydrogens (tertiary/aromatic N) is 4. The maximum atomic E-state index is 6.18. The summed E-state index contributed by atoms with van der Waals surface area (Å²) >= 11 is 6.18. The Morgan fingerprint density at radius 1 is 0.654 bits per heavy atom. The molecule has 0 aromatic heterocycles. The minimum absolute atomic E-state index is 0.683. The minimum atomic E-state index is -0.796. The van der Waals surface area contributed by atoms with Crippen molar-refractivity contribution in [2.45, 2.75) is 30.6 Å². The second kappa shape index (κ2) is 5.99. The van der Waals surface area contributed by atoms with E-state index in [1.165, 1.54) is 0 Å². The molecule has 2 aliphatic heterocycles. The molecule has 0 bridgehead atoms. The molecule has 0 aliphatic carbocycles. The smallest absolute Gasteiger partial charge is 0.165 e. The van der Waals surface area contributed by atoms with E-state index in [0.717, 1.165) is 11.1 Å². The van der Waals surface area contributed by atoms with Crippen LogP contribution in [0.15, 0.2) is 74.6 Å². The molecule has 130 valence electrons. The van der Waals surface area contributed by atoms with E-state index in [1.54, 1.807) is 24.9 Å². The van der Waals surface area contributed by atoms with Gasteiger partial charge in [0.1, 0.15) is 5.41 Å². The van der Waals surface area contributed by atoms with Crippen molar-refractivity contribution in [3.63, 3.8) is 0 Å². The molecule has 4 nitrogen and oxygen atoms in total. The van der Waals surface area contributed by atoms with Crippen molar-refractivity contribution in [1.82, 2.24) is 0 Å². The number of hydrogen-bond acceptors (Lipinski definition) is 4. The fourth-order valence-electron chi connectivity index (χ4n) is 4.26. The average molecular weight is 363 g/mol. The first-order chi connectivity index (χ1) is 12.5. The molecule has 0 saturated carbocycles. The highest BCUT2D eigenvalue weighted by Crippen LogP contribution is 2.55. The fourth-order valence-corrected chi connectivity index (χ4v) is 4.39. The van der Waals surface area contributed by atoms with Crippen molar-refractivity contribution in [2.75, 3.05) is 0 Å². The van der Waals surface area contributed by atoms with Gasteiger partial charge in [0.15, 0.2) is 11.3 Å². The van der Waals surface area contributed by atoms with E-state index in [9.17, 15) is 0 Å². The summed E-state index contributed by atoms with van der Waals surface area (Å²) in [6.45, 7) is 4.06. The summed E-state index contributed by atoms with van der Waals surface area (Å²) in [4.78, 5) is 19.1. The highest BCUT2D eigenvalue weighted by atomic mass is 35.5. The minimum Gasteiger partial charge on any atom is -0.261 e. The second-order valence-corrected chi connectivity index (χ2v) is 7.21. The van der Waals surface area contributed by atoms with E-state index >= 15 is 0 Å². The van der Waals surface area contributed by atoms with Gasteiger partial charge in [0, 0.05) is 29.9 Å². The summed E-state index contributed by atoms with van der Waals surface area (Å²) in [5.74, 6) is 0. The largest absolute Gasteiger partial charge is 0.261 e. The van der Waals surface area contributed by atoms with E-state index < -0.39 is 16.7 Å². The van der Waals surface area contributed by atoms with Gasteiger partial charge in [-0.05, 0) is 37.1 Å². The Bertz CT molecular complexity index is 868. The monoisotopic (exact) mass is 362 g/mol. The molecule has 0 N–H and O–H groups in total. The molecular formula is C21H19ClN4. The molecule has 0 saturated heterocycles. The predicted octanol–water partition coefficient (Wildman–Crippen LogP) is 4.37. The molecule has 2 aromatic rings. The molecule has 26 heavy (non-hydrogen) atoms. The maximum absolute atomic E-state index is 6.18. The molecule has 0 unspecified atom stereocenters. The molecule has 0 amide bonds. The van der Waals surface area contributed by atoms with Gasteiger partial charge in [0.25, 0.3) is 0 Å². The number of halogens is 1. The summed E-state index contributed by atoms with van der Waals surface area (Å²) in [5, 5.41) is 0.683. The zero-order valence-corrected chi connectivity index (χ0v) is 15.4. The van der Waals surface area contributed by atoms with Crippen molar-refractivity contribution in [2.24, 2.45) is 20.0 Å². The SMILES string of the molecule is CC1(C(c2ccccc2)(c2ccc(Cl)cc2)C2(C)N=CC=N2)N=CC=N1. The van der Waals surface area contributed by atoms with E-state index in [-0.39, 0.29) is 0 Å². The zero-order valence-electron chi connectivity index (χ0n) is 14.7. The van der Waals surface area contributed by atoms with E-state index in [2.05, 4.69) is 12.1 Å². The number of aliphatic imine (C=N–C) groups is 4. The van der Waals surface area contributed by atoms with Crippen LogP contribution >= 0.6 is 11.6 Å². The lowest BCUT2D eigenvalue weighted by atomic mass is 9.59. The Kier molecular flexibility index (Phi) is 3.88. The Morgan fingerprint density at radius 3 is 1.54 bits per heavy atom. The highest BCUT2D eigenvalue weighted by molar-refractivity contribution is 6.30. The van der Waals surface area contributed by atoms with Crippen molar-refractivity contribution >= 4 is 36.5 Å². The fraction of sp³-hybridized carbons (Fsp3) is 0.238. The van der Waals surface area contributed by atoms with Gasteiger partial charge < -0.3 is 0 Å². The van der Waals surface area contributed by atoms with Crippen LogP contribution in [0.1, 0.15) is 25.0 Å². The van der Waals surface area contributed by atoms with Crippen LogP contribution in [0.5, 0.6) is 0 Å². The molecule has 2 heterocycles. The van der Waals surface area contributed by atoms with E-state index in [1.807, 2.05) is 56.3 Å². The van der Waals surface area contributed by atoms with Crippen molar-refractivity contribution in [3.05, 3.63) is 70.7 Å². The molecule has 0 spiro atoms. The second-order valence-electron chi connectivity index (χ2n) is 6.78. The van der Waals surface area contributed by atoms with Gasteiger partial charge in [-0.3, -0.25) is 20.0 Å².